The quantitative estimate of drug-likeness (QED) is 0.625. The van der Waals surface area contributed by atoms with Gasteiger partial charge in [0.2, 0.25) is 0 Å². The van der Waals surface area contributed by atoms with Gasteiger partial charge in [0.05, 0.1) is 0 Å². The van der Waals surface area contributed by atoms with Gasteiger partial charge in [0, 0.05) is 9.61 Å². The second kappa shape index (κ2) is 6.58. The van der Waals surface area contributed by atoms with Crippen LogP contribution in [0.4, 0.5) is 0 Å². The molecule has 0 fully saturated rings. The molecule has 1 unspecified atom stereocenters. The molecule has 106 valence electrons. The summed E-state index contributed by atoms with van der Waals surface area (Å²) in [7, 11) is 2.04. The van der Waals surface area contributed by atoms with Gasteiger partial charge < -0.3 is 5.32 Å². The Morgan fingerprint density at radius 2 is 1.62 bits per heavy atom. The minimum atomic E-state index is 0.337. The highest BCUT2D eigenvalue weighted by Gasteiger charge is 2.14. The zero-order chi connectivity index (χ0) is 14.7. The zero-order valence-electron chi connectivity index (χ0n) is 12.0. The van der Waals surface area contributed by atoms with Gasteiger partial charge in [0.25, 0.3) is 0 Å². The summed E-state index contributed by atoms with van der Waals surface area (Å²) in [6, 6.07) is 24.1. The molecule has 0 spiro atoms. The number of hydrogen-bond donors (Lipinski definition) is 1. The summed E-state index contributed by atoms with van der Waals surface area (Å²) in [6.45, 7) is 0. The summed E-state index contributed by atoms with van der Waals surface area (Å²) in [5, 5.41) is 6.13. The van der Waals surface area contributed by atoms with Crippen molar-refractivity contribution >= 4 is 33.4 Å². The van der Waals surface area contributed by atoms with Crippen LogP contribution in [-0.2, 0) is 6.42 Å². The SMILES string of the molecule is CNC(Cc1cccc2ccccc12)c1ccccc1I. The fourth-order valence-corrected chi connectivity index (χ4v) is 3.58. The molecule has 2 heteroatoms. The highest BCUT2D eigenvalue weighted by molar-refractivity contribution is 14.1. The predicted octanol–water partition coefficient (Wildman–Crippen LogP) is 4.95. The third kappa shape index (κ3) is 3.11. The number of halogens is 1. The number of hydrogen-bond acceptors (Lipinski definition) is 1. The van der Waals surface area contributed by atoms with Crippen LogP contribution in [-0.4, -0.2) is 7.05 Å². The van der Waals surface area contributed by atoms with Gasteiger partial charge in [0.15, 0.2) is 0 Å². The predicted molar refractivity (Wildman–Crippen MR) is 98.6 cm³/mol. The van der Waals surface area contributed by atoms with Crippen molar-refractivity contribution in [1.29, 1.82) is 0 Å². The van der Waals surface area contributed by atoms with Gasteiger partial charge in [-0.25, -0.2) is 0 Å². The normalized spacial score (nSPS) is 12.5. The van der Waals surface area contributed by atoms with E-state index in [2.05, 4.69) is 94.6 Å². The van der Waals surface area contributed by atoms with Gasteiger partial charge in [-0.1, -0.05) is 60.7 Å². The number of benzene rings is 3. The molecule has 0 radical (unpaired) electrons. The first kappa shape index (κ1) is 14.5. The van der Waals surface area contributed by atoms with Crippen molar-refractivity contribution in [3.05, 3.63) is 81.4 Å². The Hall–Kier alpha value is -1.39. The smallest absolute Gasteiger partial charge is 0.0369 e. The molecule has 0 saturated carbocycles. The van der Waals surface area contributed by atoms with Gasteiger partial charge in [-0.3, -0.25) is 0 Å². The molecule has 0 aliphatic rings. The van der Waals surface area contributed by atoms with Crippen molar-refractivity contribution in [2.24, 2.45) is 0 Å². The fraction of sp³-hybridized carbons (Fsp3) is 0.158. The Kier molecular flexibility index (Phi) is 4.56. The van der Waals surface area contributed by atoms with Gasteiger partial charge in [0.1, 0.15) is 0 Å². The molecule has 0 bridgehead atoms. The lowest BCUT2D eigenvalue weighted by molar-refractivity contribution is 0.591. The molecule has 0 heterocycles. The van der Waals surface area contributed by atoms with Crippen molar-refractivity contribution in [2.75, 3.05) is 7.05 Å². The topological polar surface area (TPSA) is 12.0 Å². The van der Waals surface area contributed by atoms with E-state index in [1.165, 1.54) is 25.5 Å². The van der Waals surface area contributed by atoms with E-state index in [-0.39, 0.29) is 0 Å². The van der Waals surface area contributed by atoms with E-state index in [1.54, 1.807) is 0 Å². The van der Waals surface area contributed by atoms with Crippen LogP contribution in [0.15, 0.2) is 66.7 Å². The van der Waals surface area contributed by atoms with Gasteiger partial charge in [-0.15, -0.1) is 0 Å². The first-order valence-corrected chi connectivity index (χ1v) is 8.26. The van der Waals surface area contributed by atoms with E-state index < -0.39 is 0 Å². The third-order valence-electron chi connectivity index (χ3n) is 3.93. The largest absolute Gasteiger partial charge is 0.313 e. The lowest BCUT2D eigenvalue weighted by atomic mass is 9.95. The maximum absolute atomic E-state index is 3.47. The van der Waals surface area contributed by atoms with Crippen LogP contribution in [0.2, 0.25) is 0 Å². The lowest BCUT2D eigenvalue weighted by Crippen LogP contribution is -2.20. The van der Waals surface area contributed by atoms with Crippen LogP contribution >= 0.6 is 22.6 Å². The Morgan fingerprint density at radius 3 is 2.43 bits per heavy atom. The molecular weight excluding hydrogens is 369 g/mol. The number of rotatable bonds is 4. The standard InChI is InChI=1S/C19H18IN/c1-21-19(17-11-4-5-12-18(17)20)13-15-9-6-8-14-7-2-3-10-16(14)15/h2-12,19,21H,13H2,1H3. The first-order chi connectivity index (χ1) is 10.3. The molecule has 0 aliphatic heterocycles. The lowest BCUT2D eigenvalue weighted by Gasteiger charge is -2.19. The van der Waals surface area contributed by atoms with Crippen LogP contribution in [0.1, 0.15) is 17.2 Å². The van der Waals surface area contributed by atoms with Crippen molar-refractivity contribution < 1.29 is 0 Å². The first-order valence-electron chi connectivity index (χ1n) is 7.18. The molecular formula is C19H18IN. The highest BCUT2D eigenvalue weighted by Crippen LogP contribution is 2.26. The molecule has 1 nitrogen and oxygen atoms in total. The molecule has 0 aliphatic carbocycles. The van der Waals surface area contributed by atoms with E-state index >= 15 is 0 Å². The van der Waals surface area contributed by atoms with E-state index in [0.29, 0.717) is 6.04 Å². The van der Waals surface area contributed by atoms with Crippen LogP contribution in [0.5, 0.6) is 0 Å². The van der Waals surface area contributed by atoms with Crippen molar-refractivity contribution in [3.63, 3.8) is 0 Å². The van der Waals surface area contributed by atoms with E-state index in [4.69, 9.17) is 0 Å². The molecule has 3 aromatic rings. The van der Waals surface area contributed by atoms with Crippen LogP contribution < -0.4 is 5.32 Å². The summed E-state index contributed by atoms with van der Waals surface area (Å²) in [5.41, 5.74) is 2.76. The average Bonchev–Trinajstić information content (AvgIpc) is 2.53. The van der Waals surface area contributed by atoms with Gasteiger partial charge >= 0.3 is 0 Å². The summed E-state index contributed by atoms with van der Waals surface area (Å²) >= 11 is 2.42. The monoisotopic (exact) mass is 387 g/mol. The summed E-state index contributed by atoms with van der Waals surface area (Å²) in [6.07, 6.45) is 0.998. The van der Waals surface area contributed by atoms with Crippen LogP contribution in [0.3, 0.4) is 0 Å². The maximum Gasteiger partial charge on any atom is 0.0369 e. The number of fused-ring (bicyclic) bond motifs is 1. The number of nitrogens with one attached hydrogen (secondary N) is 1. The fourth-order valence-electron chi connectivity index (χ4n) is 2.82. The molecule has 3 aromatic carbocycles. The van der Waals surface area contributed by atoms with E-state index in [0.717, 1.165) is 6.42 Å². The third-order valence-corrected chi connectivity index (χ3v) is 4.92. The zero-order valence-corrected chi connectivity index (χ0v) is 14.2. The summed E-state index contributed by atoms with van der Waals surface area (Å²) in [5.74, 6) is 0. The second-order valence-electron chi connectivity index (χ2n) is 5.21. The van der Waals surface area contributed by atoms with E-state index in [1.807, 2.05) is 7.05 Å². The average molecular weight is 387 g/mol. The van der Waals surface area contributed by atoms with E-state index in [9.17, 15) is 0 Å². The molecule has 3 rings (SSSR count). The molecule has 1 atom stereocenters. The Balaban J connectivity index is 1.98. The molecule has 0 amide bonds. The molecule has 0 aromatic heterocycles. The molecule has 1 N–H and O–H groups in total. The number of likely N-dealkylation sites (N-methyl/N-ethyl adjacent to an activating group) is 1. The highest BCUT2D eigenvalue weighted by atomic mass is 127. The van der Waals surface area contributed by atoms with Crippen LogP contribution in [0, 0.1) is 3.57 Å². The minimum Gasteiger partial charge on any atom is -0.313 e. The molecule has 21 heavy (non-hydrogen) atoms. The molecule has 0 saturated heterocycles. The van der Waals surface area contributed by atoms with Gasteiger partial charge in [-0.05, 0) is 64.0 Å². The van der Waals surface area contributed by atoms with Crippen molar-refractivity contribution in [1.82, 2.24) is 5.32 Å². The Labute approximate surface area is 139 Å². The summed E-state index contributed by atoms with van der Waals surface area (Å²) in [4.78, 5) is 0. The Bertz CT molecular complexity index is 746. The maximum atomic E-state index is 3.47. The minimum absolute atomic E-state index is 0.337. The van der Waals surface area contributed by atoms with Crippen LogP contribution in [0.25, 0.3) is 10.8 Å². The van der Waals surface area contributed by atoms with Gasteiger partial charge in [-0.2, -0.15) is 0 Å². The summed E-state index contributed by atoms with van der Waals surface area (Å²) < 4.78 is 1.31. The van der Waals surface area contributed by atoms with Crippen molar-refractivity contribution in [3.8, 4) is 0 Å². The van der Waals surface area contributed by atoms with Crippen molar-refractivity contribution in [2.45, 2.75) is 12.5 Å². The Morgan fingerprint density at radius 1 is 0.905 bits per heavy atom. The second-order valence-corrected chi connectivity index (χ2v) is 6.37.